The van der Waals surface area contributed by atoms with Crippen molar-refractivity contribution in [1.29, 1.82) is 0 Å². The molecule has 0 unspecified atom stereocenters. The fraction of sp³-hybridized carbons (Fsp3) is 0.316. The van der Waals surface area contributed by atoms with Gasteiger partial charge in [0.1, 0.15) is 0 Å². The summed E-state index contributed by atoms with van der Waals surface area (Å²) in [6, 6.07) is 12.8. The lowest BCUT2D eigenvalue weighted by atomic mass is 9.99. The molecule has 0 bridgehead atoms. The molecule has 0 amide bonds. The molecule has 114 valence electrons. The Bertz CT molecular complexity index is 662. The van der Waals surface area contributed by atoms with Crippen LogP contribution in [0.25, 0.3) is 11.1 Å². The summed E-state index contributed by atoms with van der Waals surface area (Å²) in [5.74, 6) is 0. The highest BCUT2D eigenvalue weighted by atomic mass is 35.5. The predicted octanol–water partition coefficient (Wildman–Crippen LogP) is 6.78. The molecule has 1 nitrogen and oxygen atoms in total. The van der Waals surface area contributed by atoms with Gasteiger partial charge in [-0.15, -0.1) is 0 Å². The molecule has 0 atom stereocenters. The number of benzene rings is 2. The maximum atomic E-state index is 6.30. The van der Waals surface area contributed by atoms with Crippen LogP contribution in [0.1, 0.15) is 37.3 Å². The quantitative estimate of drug-likeness (QED) is 0.323. The third kappa shape index (κ3) is 4.27. The van der Waals surface area contributed by atoms with E-state index >= 15 is 0 Å². The van der Waals surface area contributed by atoms with Gasteiger partial charge in [0.15, 0.2) is 0 Å². The van der Waals surface area contributed by atoms with Crippen LogP contribution < -0.4 is 0 Å². The van der Waals surface area contributed by atoms with Gasteiger partial charge in [-0.1, -0.05) is 55.6 Å². The highest BCUT2D eigenvalue weighted by Gasteiger charge is 2.07. The molecule has 2 aromatic rings. The highest BCUT2D eigenvalue weighted by molar-refractivity contribution is 7.78. The molecule has 2 rings (SSSR count). The lowest BCUT2D eigenvalue weighted by Crippen LogP contribution is -1.87. The third-order valence-corrected chi connectivity index (χ3v) is 4.15. The average molecular weight is 330 g/mol. The second-order valence-electron chi connectivity index (χ2n) is 5.48. The molecular weight excluding hydrogens is 310 g/mol. The van der Waals surface area contributed by atoms with Crippen molar-refractivity contribution in [3.63, 3.8) is 0 Å². The third-order valence-electron chi connectivity index (χ3n) is 3.77. The van der Waals surface area contributed by atoms with E-state index in [-0.39, 0.29) is 0 Å². The first-order valence-corrected chi connectivity index (χ1v) is 8.41. The first-order valence-electron chi connectivity index (χ1n) is 7.63. The molecule has 0 saturated carbocycles. The Hall–Kier alpha value is -1.47. The Morgan fingerprint density at radius 3 is 2.41 bits per heavy atom. The van der Waals surface area contributed by atoms with E-state index in [2.05, 4.69) is 59.6 Å². The Balaban J connectivity index is 2.23. The minimum atomic E-state index is 0.611. The highest BCUT2D eigenvalue weighted by Crippen LogP contribution is 2.34. The van der Waals surface area contributed by atoms with Crippen LogP contribution in [0.3, 0.4) is 0 Å². The summed E-state index contributed by atoms with van der Waals surface area (Å²) >= 11 is 11.0. The average Bonchev–Trinajstić information content (AvgIpc) is 2.52. The SMILES string of the molecule is CCCCCc1ccc(-c2cc(C)c(N=C=S)c(Cl)c2)cc1. The van der Waals surface area contributed by atoms with Gasteiger partial charge in [-0.25, -0.2) is 0 Å². The van der Waals surface area contributed by atoms with Crippen LogP contribution in [0.4, 0.5) is 5.69 Å². The number of hydrogen-bond acceptors (Lipinski definition) is 2. The molecule has 0 fully saturated rings. The standard InChI is InChI=1S/C19H20ClNS/c1-3-4-5-6-15-7-9-16(10-8-15)17-11-14(2)19(21-13-22)18(20)12-17/h7-12H,3-6H2,1-2H3. The zero-order valence-corrected chi connectivity index (χ0v) is 14.6. The number of thiocarbonyl (C=S) groups is 1. The number of halogens is 1. The number of unbranched alkanes of at least 4 members (excludes halogenated alkanes) is 2. The number of rotatable bonds is 6. The smallest absolute Gasteiger partial charge is 0.0955 e. The van der Waals surface area contributed by atoms with Gasteiger partial charge < -0.3 is 0 Å². The van der Waals surface area contributed by atoms with Crippen molar-refractivity contribution in [2.75, 3.05) is 0 Å². The van der Waals surface area contributed by atoms with Gasteiger partial charge in [0, 0.05) is 0 Å². The number of hydrogen-bond donors (Lipinski definition) is 0. The number of aliphatic imine (C=N–C) groups is 1. The summed E-state index contributed by atoms with van der Waals surface area (Å²) in [6.07, 6.45) is 4.95. The van der Waals surface area contributed by atoms with Gasteiger partial charge in [-0.3, -0.25) is 0 Å². The van der Waals surface area contributed by atoms with Gasteiger partial charge in [-0.05, 0) is 66.4 Å². The zero-order chi connectivity index (χ0) is 15.9. The summed E-state index contributed by atoms with van der Waals surface area (Å²) in [4.78, 5) is 4.03. The molecule has 2 aromatic carbocycles. The van der Waals surface area contributed by atoms with Crippen LogP contribution >= 0.6 is 23.8 Å². The van der Waals surface area contributed by atoms with Gasteiger partial charge >= 0.3 is 0 Å². The van der Waals surface area contributed by atoms with E-state index in [4.69, 9.17) is 11.6 Å². The van der Waals surface area contributed by atoms with E-state index < -0.39 is 0 Å². The lowest BCUT2D eigenvalue weighted by Gasteiger charge is -2.08. The molecule has 0 aliphatic heterocycles. The molecular formula is C19H20ClNS. The Morgan fingerprint density at radius 2 is 1.82 bits per heavy atom. The largest absolute Gasteiger partial charge is 0.193 e. The summed E-state index contributed by atoms with van der Waals surface area (Å²) in [5.41, 5.74) is 5.37. The maximum Gasteiger partial charge on any atom is 0.0955 e. The molecule has 3 heteroatoms. The van der Waals surface area contributed by atoms with Crippen molar-refractivity contribution in [2.45, 2.75) is 39.5 Å². The van der Waals surface area contributed by atoms with E-state index in [1.165, 1.54) is 30.4 Å². The van der Waals surface area contributed by atoms with Crippen molar-refractivity contribution in [3.8, 4) is 11.1 Å². The fourth-order valence-electron chi connectivity index (χ4n) is 2.53. The fourth-order valence-corrected chi connectivity index (χ4v) is 2.93. The Labute approximate surface area is 143 Å². The monoisotopic (exact) mass is 329 g/mol. The first kappa shape index (κ1) is 16.9. The van der Waals surface area contributed by atoms with Gasteiger partial charge in [0.2, 0.25) is 0 Å². The zero-order valence-electron chi connectivity index (χ0n) is 13.0. The van der Waals surface area contributed by atoms with E-state index in [1.54, 1.807) is 0 Å². The van der Waals surface area contributed by atoms with Crippen LogP contribution in [0.5, 0.6) is 0 Å². The Kier molecular flexibility index (Phi) is 6.33. The first-order chi connectivity index (χ1) is 10.7. The molecule has 0 aromatic heterocycles. The number of aryl methyl sites for hydroxylation is 2. The maximum absolute atomic E-state index is 6.30. The second kappa shape index (κ2) is 8.24. The summed E-state index contributed by atoms with van der Waals surface area (Å²) in [7, 11) is 0. The molecule has 22 heavy (non-hydrogen) atoms. The minimum absolute atomic E-state index is 0.611. The molecule has 0 radical (unpaired) electrons. The normalized spacial score (nSPS) is 10.3. The van der Waals surface area contributed by atoms with Crippen LogP contribution in [0, 0.1) is 6.92 Å². The second-order valence-corrected chi connectivity index (χ2v) is 6.07. The molecule has 0 aliphatic carbocycles. The summed E-state index contributed by atoms with van der Waals surface area (Å²) in [6.45, 7) is 4.21. The number of isothiocyanates is 1. The topological polar surface area (TPSA) is 12.4 Å². The Morgan fingerprint density at radius 1 is 1.09 bits per heavy atom. The van der Waals surface area contributed by atoms with Crippen LogP contribution in [-0.2, 0) is 6.42 Å². The van der Waals surface area contributed by atoms with Crippen LogP contribution in [-0.4, -0.2) is 5.16 Å². The van der Waals surface area contributed by atoms with Crippen LogP contribution in [0.15, 0.2) is 41.4 Å². The summed E-state index contributed by atoms with van der Waals surface area (Å²) in [5, 5.41) is 2.99. The molecule has 0 spiro atoms. The van der Waals surface area contributed by atoms with Crippen molar-refractivity contribution < 1.29 is 0 Å². The minimum Gasteiger partial charge on any atom is -0.193 e. The van der Waals surface area contributed by atoms with Crippen molar-refractivity contribution >= 4 is 34.7 Å². The molecule has 0 N–H and O–H groups in total. The van der Waals surface area contributed by atoms with E-state index in [1.807, 2.05) is 13.0 Å². The van der Waals surface area contributed by atoms with Gasteiger partial charge in [0.05, 0.1) is 15.9 Å². The van der Waals surface area contributed by atoms with E-state index in [0.29, 0.717) is 10.7 Å². The molecule has 0 aliphatic rings. The van der Waals surface area contributed by atoms with Crippen molar-refractivity contribution in [1.82, 2.24) is 0 Å². The van der Waals surface area contributed by atoms with Gasteiger partial charge in [0.25, 0.3) is 0 Å². The van der Waals surface area contributed by atoms with E-state index in [9.17, 15) is 0 Å². The number of nitrogens with zero attached hydrogens (tertiary/aromatic N) is 1. The van der Waals surface area contributed by atoms with E-state index in [0.717, 1.165) is 17.5 Å². The van der Waals surface area contributed by atoms with Crippen LogP contribution in [0.2, 0.25) is 5.02 Å². The lowest BCUT2D eigenvalue weighted by molar-refractivity contribution is 0.717. The molecule has 0 saturated heterocycles. The van der Waals surface area contributed by atoms with Crippen molar-refractivity contribution in [3.05, 3.63) is 52.5 Å². The van der Waals surface area contributed by atoms with Gasteiger partial charge in [-0.2, -0.15) is 4.99 Å². The molecule has 0 heterocycles. The predicted molar refractivity (Wildman–Crippen MR) is 99.5 cm³/mol. The summed E-state index contributed by atoms with van der Waals surface area (Å²) < 4.78 is 0. The van der Waals surface area contributed by atoms with Crippen molar-refractivity contribution in [2.24, 2.45) is 4.99 Å².